The summed E-state index contributed by atoms with van der Waals surface area (Å²) in [4.78, 5) is 0. The van der Waals surface area contributed by atoms with E-state index in [0.717, 1.165) is 6.04 Å². The summed E-state index contributed by atoms with van der Waals surface area (Å²) in [5.74, 6) is 0.679. The van der Waals surface area contributed by atoms with Gasteiger partial charge in [0, 0.05) is 6.04 Å². The summed E-state index contributed by atoms with van der Waals surface area (Å²) >= 11 is 0. The second-order valence-electron chi connectivity index (χ2n) is 5.41. The van der Waals surface area contributed by atoms with Gasteiger partial charge in [0.25, 0.3) is 0 Å². The van der Waals surface area contributed by atoms with E-state index in [1.54, 1.807) is 0 Å². The van der Waals surface area contributed by atoms with Crippen molar-refractivity contribution in [3.05, 3.63) is 35.4 Å². The Morgan fingerprint density at radius 3 is 2.88 bits per heavy atom. The number of nitrogens with one attached hydrogen (secondary N) is 1. The van der Waals surface area contributed by atoms with Crippen molar-refractivity contribution in [1.82, 2.24) is 5.32 Å². The molecule has 1 aromatic carbocycles. The van der Waals surface area contributed by atoms with E-state index in [9.17, 15) is 0 Å². The van der Waals surface area contributed by atoms with Crippen LogP contribution in [0.25, 0.3) is 0 Å². The van der Waals surface area contributed by atoms with E-state index in [1.165, 1.54) is 49.8 Å². The van der Waals surface area contributed by atoms with Crippen LogP contribution in [-0.4, -0.2) is 12.6 Å². The highest BCUT2D eigenvalue weighted by molar-refractivity contribution is 5.26. The summed E-state index contributed by atoms with van der Waals surface area (Å²) in [6.45, 7) is 5.76. The molecule has 94 valence electrons. The van der Waals surface area contributed by atoms with E-state index < -0.39 is 0 Å². The molecule has 1 heteroatoms. The van der Waals surface area contributed by atoms with E-state index >= 15 is 0 Å². The minimum absolute atomic E-state index is 0.679. The maximum absolute atomic E-state index is 3.60. The van der Waals surface area contributed by atoms with Gasteiger partial charge in [0.2, 0.25) is 0 Å². The first-order valence-electron chi connectivity index (χ1n) is 7.12. The molecular weight excluding hydrogens is 206 g/mol. The van der Waals surface area contributed by atoms with E-state index in [4.69, 9.17) is 0 Å². The largest absolute Gasteiger partial charge is 0.314 e. The smallest absolute Gasteiger partial charge is 0.00682 e. The van der Waals surface area contributed by atoms with Gasteiger partial charge in [0.15, 0.2) is 0 Å². The monoisotopic (exact) mass is 231 g/mol. The van der Waals surface area contributed by atoms with Crippen molar-refractivity contribution in [1.29, 1.82) is 0 Å². The molecule has 0 aliphatic heterocycles. The third-order valence-corrected chi connectivity index (χ3v) is 3.65. The normalized spacial score (nSPS) is 17.1. The molecule has 0 spiro atoms. The Kier molecular flexibility index (Phi) is 4.61. The predicted molar refractivity (Wildman–Crippen MR) is 74.5 cm³/mol. The molecule has 1 saturated carbocycles. The van der Waals surface area contributed by atoms with Gasteiger partial charge in [-0.2, -0.15) is 0 Å². The first-order chi connectivity index (χ1) is 8.29. The van der Waals surface area contributed by atoms with Crippen molar-refractivity contribution in [2.75, 3.05) is 6.54 Å². The van der Waals surface area contributed by atoms with Crippen LogP contribution in [0.4, 0.5) is 0 Å². The van der Waals surface area contributed by atoms with Gasteiger partial charge in [-0.25, -0.2) is 0 Å². The molecule has 0 saturated heterocycles. The quantitative estimate of drug-likeness (QED) is 0.751. The summed E-state index contributed by atoms with van der Waals surface area (Å²) in [5.41, 5.74) is 3.00. The van der Waals surface area contributed by atoms with Crippen LogP contribution in [0.15, 0.2) is 24.3 Å². The first kappa shape index (κ1) is 12.6. The molecule has 1 atom stereocenters. The van der Waals surface area contributed by atoms with Gasteiger partial charge in [0.1, 0.15) is 0 Å². The summed E-state index contributed by atoms with van der Waals surface area (Å²) in [7, 11) is 0. The van der Waals surface area contributed by atoms with Crippen LogP contribution in [0, 0.1) is 0 Å². The topological polar surface area (TPSA) is 12.0 Å². The standard InChI is InChI=1S/C16H25N/c1-3-5-14-6-4-7-15(12-14)13(2)10-11-17-16-8-9-16/h4,6-7,12-13,16-17H,3,5,8-11H2,1-2H3. The SMILES string of the molecule is CCCc1cccc(C(C)CCNC2CC2)c1. The lowest BCUT2D eigenvalue weighted by Gasteiger charge is -2.13. The Hall–Kier alpha value is -0.820. The fourth-order valence-electron chi connectivity index (χ4n) is 2.30. The summed E-state index contributed by atoms with van der Waals surface area (Å²) in [6.07, 6.45) is 6.48. The van der Waals surface area contributed by atoms with Crippen molar-refractivity contribution < 1.29 is 0 Å². The lowest BCUT2D eigenvalue weighted by molar-refractivity contribution is 0.591. The lowest BCUT2D eigenvalue weighted by Crippen LogP contribution is -2.19. The van der Waals surface area contributed by atoms with E-state index in [1.807, 2.05) is 0 Å². The second-order valence-corrected chi connectivity index (χ2v) is 5.41. The van der Waals surface area contributed by atoms with Gasteiger partial charge in [0.05, 0.1) is 0 Å². The minimum atomic E-state index is 0.679. The van der Waals surface area contributed by atoms with Crippen molar-refractivity contribution >= 4 is 0 Å². The first-order valence-corrected chi connectivity index (χ1v) is 7.12. The molecule has 2 rings (SSSR count). The fraction of sp³-hybridized carbons (Fsp3) is 0.625. The molecule has 0 radical (unpaired) electrons. The molecule has 1 fully saturated rings. The van der Waals surface area contributed by atoms with Crippen molar-refractivity contribution in [2.24, 2.45) is 0 Å². The zero-order valence-electron chi connectivity index (χ0n) is 11.2. The zero-order chi connectivity index (χ0) is 12.1. The predicted octanol–water partition coefficient (Wildman–Crippen LogP) is 3.88. The molecule has 1 aromatic rings. The Bertz CT molecular complexity index is 341. The summed E-state index contributed by atoms with van der Waals surface area (Å²) in [5, 5.41) is 3.60. The van der Waals surface area contributed by atoms with Crippen molar-refractivity contribution in [2.45, 2.75) is 57.9 Å². The average Bonchev–Trinajstić information content (AvgIpc) is 3.14. The molecule has 1 aliphatic carbocycles. The molecule has 1 nitrogen and oxygen atoms in total. The Balaban J connectivity index is 1.83. The van der Waals surface area contributed by atoms with Crippen molar-refractivity contribution in [3.63, 3.8) is 0 Å². The molecule has 1 unspecified atom stereocenters. The molecule has 0 amide bonds. The lowest BCUT2D eigenvalue weighted by atomic mass is 9.95. The molecule has 0 aromatic heterocycles. The van der Waals surface area contributed by atoms with Gasteiger partial charge in [-0.1, -0.05) is 44.5 Å². The maximum atomic E-state index is 3.60. The van der Waals surface area contributed by atoms with Gasteiger partial charge in [-0.15, -0.1) is 0 Å². The molecule has 0 bridgehead atoms. The number of hydrogen-bond acceptors (Lipinski definition) is 1. The van der Waals surface area contributed by atoms with Crippen LogP contribution >= 0.6 is 0 Å². The van der Waals surface area contributed by atoms with Crippen LogP contribution in [-0.2, 0) is 6.42 Å². The van der Waals surface area contributed by atoms with E-state index in [-0.39, 0.29) is 0 Å². The van der Waals surface area contributed by atoms with Crippen molar-refractivity contribution in [3.8, 4) is 0 Å². The summed E-state index contributed by atoms with van der Waals surface area (Å²) < 4.78 is 0. The number of aryl methyl sites for hydroxylation is 1. The van der Waals surface area contributed by atoms with Gasteiger partial charge in [-0.05, 0) is 49.3 Å². The van der Waals surface area contributed by atoms with Crippen LogP contribution in [0.5, 0.6) is 0 Å². The van der Waals surface area contributed by atoms with Crippen LogP contribution in [0.1, 0.15) is 56.6 Å². The molecular formula is C16H25N. The van der Waals surface area contributed by atoms with Crippen LogP contribution < -0.4 is 5.32 Å². The summed E-state index contributed by atoms with van der Waals surface area (Å²) in [6, 6.07) is 9.98. The Labute approximate surface area is 106 Å². The Morgan fingerprint density at radius 1 is 1.35 bits per heavy atom. The second kappa shape index (κ2) is 6.20. The zero-order valence-corrected chi connectivity index (χ0v) is 11.2. The van der Waals surface area contributed by atoms with Crippen LogP contribution in [0.3, 0.4) is 0 Å². The van der Waals surface area contributed by atoms with Gasteiger partial charge < -0.3 is 5.32 Å². The maximum Gasteiger partial charge on any atom is 0.00682 e. The highest BCUT2D eigenvalue weighted by atomic mass is 14.9. The highest BCUT2D eigenvalue weighted by Crippen LogP contribution is 2.22. The van der Waals surface area contributed by atoms with E-state index in [0.29, 0.717) is 5.92 Å². The molecule has 1 aliphatic rings. The van der Waals surface area contributed by atoms with Crippen LogP contribution in [0.2, 0.25) is 0 Å². The fourth-order valence-corrected chi connectivity index (χ4v) is 2.30. The highest BCUT2D eigenvalue weighted by Gasteiger charge is 2.20. The number of benzene rings is 1. The molecule has 17 heavy (non-hydrogen) atoms. The average molecular weight is 231 g/mol. The van der Waals surface area contributed by atoms with Gasteiger partial charge >= 0.3 is 0 Å². The molecule has 0 heterocycles. The third kappa shape index (κ3) is 4.16. The minimum Gasteiger partial charge on any atom is -0.314 e. The number of hydrogen-bond donors (Lipinski definition) is 1. The van der Waals surface area contributed by atoms with E-state index in [2.05, 4.69) is 43.4 Å². The third-order valence-electron chi connectivity index (χ3n) is 3.65. The number of rotatable bonds is 7. The van der Waals surface area contributed by atoms with Gasteiger partial charge in [-0.3, -0.25) is 0 Å². The molecule has 1 N–H and O–H groups in total. The Morgan fingerprint density at radius 2 is 2.18 bits per heavy atom.